The largest absolute Gasteiger partial charge is 0.495 e. The highest BCUT2D eigenvalue weighted by Crippen LogP contribution is 2.20. The summed E-state index contributed by atoms with van der Waals surface area (Å²) in [4.78, 5) is 4.13. The molecule has 1 aromatic carbocycles. The molecule has 1 aromatic heterocycles. The van der Waals surface area contributed by atoms with Crippen LogP contribution >= 0.6 is 11.3 Å². The first kappa shape index (κ1) is 11.4. The molecule has 0 aliphatic carbocycles. The predicted octanol–water partition coefficient (Wildman–Crippen LogP) is 2.64. The van der Waals surface area contributed by atoms with Crippen molar-refractivity contribution in [1.82, 2.24) is 4.98 Å². The van der Waals surface area contributed by atoms with E-state index in [1.807, 2.05) is 17.5 Å². The van der Waals surface area contributed by atoms with E-state index < -0.39 is 0 Å². The van der Waals surface area contributed by atoms with Gasteiger partial charge in [0.2, 0.25) is 0 Å². The molecular formula is C12H11N3OS. The number of nitrogens with one attached hydrogen (secondary N) is 1. The Morgan fingerprint density at radius 3 is 3.06 bits per heavy atom. The lowest BCUT2D eigenvalue weighted by atomic mass is 10.1. The highest BCUT2D eigenvalue weighted by atomic mass is 32.1. The molecule has 0 radical (unpaired) electrons. The van der Waals surface area contributed by atoms with Crippen LogP contribution in [0.25, 0.3) is 0 Å². The summed E-state index contributed by atoms with van der Waals surface area (Å²) >= 11 is 1.55. The standard InChI is InChI=1S/C12H11N3OS/c1-16-11-3-2-9(6-10(11)7-13)8-15-12-14-4-5-17-12/h2-6H,8H2,1H3,(H,14,15). The van der Waals surface area contributed by atoms with Crippen LogP contribution in [0.4, 0.5) is 5.13 Å². The molecule has 4 nitrogen and oxygen atoms in total. The molecule has 0 aliphatic rings. The zero-order chi connectivity index (χ0) is 12.1. The van der Waals surface area contributed by atoms with Crippen LogP contribution in [-0.2, 0) is 6.54 Å². The topological polar surface area (TPSA) is 57.9 Å². The van der Waals surface area contributed by atoms with Gasteiger partial charge in [0, 0.05) is 18.1 Å². The highest BCUT2D eigenvalue weighted by Gasteiger charge is 2.03. The van der Waals surface area contributed by atoms with E-state index in [1.165, 1.54) is 0 Å². The monoisotopic (exact) mass is 245 g/mol. The molecule has 0 unspecified atom stereocenters. The second-order valence-corrected chi connectivity index (χ2v) is 4.23. The third-order valence-electron chi connectivity index (χ3n) is 2.26. The first-order valence-electron chi connectivity index (χ1n) is 5.04. The van der Waals surface area contributed by atoms with Crippen LogP contribution in [0.3, 0.4) is 0 Å². The van der Waals surface area contributed by atoms with Crippen molar-refractivity contribution in [2.45, 2.75) is 6.54 Å². The maximum absolute atomic E-state index is 8.97. The Morgan fingerprint density at radius 1 is 1.53 bits per heavy atom. The van der Waals surface area contributed by atoms with Crippen LogP contribution in [0.1, 0.15) is 11.1 Å². The third-order valence-corrected chi connectivity index (χ3v) is 2.99. The van der Waals surface area contributed by atoms with Gasteiger partial charge in [0.25, 0.3) is 0 Å². The van der Waals surface area contributed by atoms with Crippen molar-refractivity contribution < 1.29 is 4.74 Å². The van der Waals surface area contributed by atoms with Crippen molar-refractivity contribution in [3.05, 3.63) is 40.9 Å². The van der Waals surface area contributed by atoms with E-state index in [1.54, 1.807) is 30.7 Å². The first-order chi connectivity index (χ1) is 8.33. The van der Waals surface area contributed by atoms with Gasteiger partial charge in [-0.1, -0.05) is 6.07 Å². The molecule has 0 atom stereocenters. The Labute approximate surface area is 103 Å². The second-order valence-electron chi connectivity index (χ2n) is 3.34. The number of hydrogen-bond acceptors (Lipinski definition) is 5. The summed E-state index contributed by atoms with van der Waals surface area (Å²) in [7, 11) is 1.56. The summed E-state index contributed by atoms with van der Waals surface area (Å²) < 4.78 is 5.09. The lowest BCUT2D eigenvalue weighted by Gasteiger charge is -2.06. The predicted molar refractivity (Wildman–Crippen MR) is 67.1 cm³/mol. The maximum Gasteiger partial charge on any atom is 0.182 e. The van der Waals surface area contributed by atoms with Crippen LogP contribution in [0.15, 0.2) is 29.8 Å². The molecule has 1 heterocycles. The smallest absolute Gasteiger partial charge is 0.182 e. The van der Waals surface area contributed by atoms with Crippen LogP contribution in [-0.4, -0.2) is 12.1 Å². The first-order valence-corrected chi connectivity index (χ1v) is 5.92. The zero-order valence-electron chi connectivity index (χ0n) is 9.30. The van der Waals surface area contributed by atoms with E-state index in [0.29, 0.717) is 17.9 Å². The molecular weight excluding hydrogens is 234 g/mol. The number of methoxy groups -OCH3 is 1. The van der Waals surface area contributed by atoms with E-state index in [2.05, 4.69) is 16.4 Å². The van der Waals surface area contributed by atoms with Crippen molar-refractivity contribution in [2.75, 3.05) is 12.4 Å². The van der Waals surface area contributed by atoms with Crippen molar-refractivity contribution in [3.8, 4) is 11.8 Å². The number of hydrogen-bond donors (Lipinski definition) is 1. The molecule has 86 valence electrons. The number of ether oxygens (including phenoxy) is 1. The molecule has 0 saturated heterocycles. The quantitative estimate of drug-likeness (QED) is 0.899. The SMILES string of the molecule is COc1ccc(CNc2nccs2)cc1C#N. The average molecular weight is 245 g/mol. The van der Waals surface area contributed by atoms with Gasteiger partial charge in [0.1, 0.15) is 11.8 Å². The average Bonchev–Trinajstić information content (AvgIpc) is 2.89. The molecule has 0 spiro atoms. The van der Waals surface area contributed by atoms with Gasteiger partial charge < -0.3 is 10.1 Å². The normalized spacial score (nSPS) is 9.65. The number of rotatable bonds is 4. The summed E-state index contributed by atoms with van der Waals surface area (Å²) in [5.41, 5.74) is 1.57. The molecule has 5 heteroatoms. The van der Waals surface area contributed by atoms with Gasteiger partial charge in [0.15, 0.2) is 5.13 Å². The number of anilines is 1. The maximum atomic E-state index is 8.97. The lowest BCUT2D eigenvalue weighted by Crippen LogP contribution is -1.99. The fraction of sp³-hybridized carbons (Fsp3) is 0.167. The minimum absolute atomic E-state index is 0.547. The molecule has 1 N–H and O–H groups in total. The van der Waals surface area contributed by atoms with Gasteiger partial charge in [0.05, 0.1) is 12.7 Å². The summed E-state index contributed by atoms with van der Waals surface area (Å²) in [5, 5.41) is 14.9. The van der Waals surface area contributed by atoms with Crippen molar-refractivity contribution >= 4 is 16.5 Å². The molecule has 0 amide bonds. The van der Waals surface area contributed by atoms with Crippen molar-refractivity contribution in [2.24, 2.45) is 0 Å². The van der Waals surface area contributed by atoms with Crippen molar-refractivity contribution in [3.63, 3.8) is 0 Å². The number of benzene rings is 1. The fourth-order valence-electron chi connectivity index (χ4n) is 1.44. The third kappa shape index (κ3) is 2.74. The number of nitriles is 1. The molecule has 0 saturated carbocycles. The zero-order valence-corrected chi connectivity index (χ0v) is 10.1. The number of nitrogens with zero attached hydrogens (tertiary/aromatic N) is 2. The fourth-order valence-corrected chi connectivity index (χ4v) is 1.97. The Bertz CT molecular complexity index is 531. The Balaban J connectivity index is 2.09. The van der Waals surface area contributed by atoms with Crippen molar-refractivity contribution in [1.29, 1.82) is 5.26 Å². The van der Waals surface area contributed by atoms with E-state index in [9.17, 15) is 0 Å². The molecule has 17 heavy (non-hydrogen) atoms. The van der Waals surface area contributed by atoms with Gasteiger partial charge in [-0.2, -0.15) is 5.26 Å². The van der Waals surface area contributed by atoms with E-state index in [-0.39, 0.29) is 0 Å². The number of aromatic nitrogens is 1. The molecule has 2 rings (SSSR count). The Morgan fingerprint density at radius 2 is 2.41 bits per heavy atom. The summed E-state index contributed by atoms with van der Waals surface area (Å²) in [6, 6.07) is 7.67. The Kier molecular flexibility index (Phi) is 3.58. The van der Waals surface area contributed by atoms with Crippen LogP contribution < -0.4 is 10.1 Å². The van der Waals surface area contributed by atoms with Crippen LogP contribution in [0.5, 0.6) is 5.75 Å². The van der Waals surface area contributed by atoms with Gasteiger partial charge >= 0.3 is 0 Å². The summed E-state index contributed by atoms with van der Waals surface area (Å²) in [5.74, 6) is 0.602. The molecule has 0 bridgehead atoms. The van der Waals surface area contributed by atoms with Crippen LogP contribution in [0, 0.1) is 11.3 Å². The Hall–Kier alpha value is -2.06. The lowest BCUT2D eigenvalue weighted by molar-refractivity contribution is 0.413. The van der Waals surface area contributed by atoms with Gasteiger partial charge in [-0.05, 0) is 17.7 Å². The van der Waals surface area contributed by atoms with E-state index in [4.69, 9.17) is 10.00 Å². The minimum Gasteiger partial charge on any atom is -0.495 e. The van der Waals surface area contributed by atoms with Gasteiger partial charge in [-0.15, -0.1) is 11.3 Å². The van der Waals surface area contributed by atoms with Crippen LogP contribution in [0.2, 0.25) is 0 Å². The minimum atomic E-state index is 0.547. The van der Waals surface area contributed by atoms with E-state index >= 15 is 0 Å². The summed E-state index contributed by atoms with van der Waals surface area (Å²) in [6.07, 6.45) is 1.75. The number of thiazole rings is 1. The highest BCUT2D eigenvalue weighted by molar-refractivity contribution is 7.13. The molecule has 0 aliphatic heterocycles. The van der Waals surface area contributed by atoms with E-state index in [0.717, 1.165) is 10.7 Å². The molecule has 0 fully saturated rings. The van der Waals surface area contributed by atoms with Gasteiger partial charge in [-0.25, -0.2) is 4.98 Å². The van der Waals surface area contributed by atoms with Gasteiger partial charge in [-0.3, -0.25) is 0 Å². The molecule has 2 aromatic rings. The second kappa shape index (κ2) is 5.32. The summed E-state index contributed by atoms with van der Waals surface area (Å²) in [6.45, 7) is 0.645.